The minimum absolute atomic E-state index is 0.106. The zero-order chi connectivity index (χ0) is 13.5. The van der Waals surface area contributed by atoms with E-state index in [4.69, 9.17) is 14.2 Å². The molecule has 0 unspecified atom stereocenters. The van der Waals surface area contributed by atoms with Gasteiger partial charge in [0.1, 0.15) is 14.9 Å². The predicted molar refractivity (Wildman–Crippen MR) is 81.4 cm³/mol. The van der Waals surface area contributed by atoms with Gasteiger partial charge in [-0.2, -0.15) is 4.99 Å². The van der Waals surface area contributed by atoms with Crippen LogP contribution in [0, 0.1) is 0 Å². The Hall–Kier alpha value is 0.0300. The zero-order valence-corrected chi connectivity index (χ0v) is 14.0. The van der Waals surface area contributed by atoms with Crippen LogP contribution in [-0.4, -0.2) is 39.2 Å². The summed E-state index contributed by atoms with van der Waals surface area (Å²) in [4.78, 5) is 25.4. The minimum atomic E-state index is -0.610. The molecular formula is C10H13I2NO5. The summed E-state index contributed by atoms with van der Waals surface area (Å²) in [7, 11) is 0. The van der Waals surface area contributed by atoms with E-state index in [0.29, 0.717) is 1.73 Å². The van der Waals surface area contributed by atoms with Gasteiger partial charge in [0, 0.05) is 6.92 Å². The third-order valence-corrected chi connectivity index (χ3v) is 2.72. The van der Waals surface area contributed by atoms with Crippen molar-refractivity contribution in [2.45, 2.75) is 32.0 Å². The standard InChI is InChI=1S/C10H13I2NO5/c1-6(14)16-4-7-2-3-8(18-7)5-17-10(15)13-9(11)12/h7-8H,2-5H2,1H3/t7-,8+/m0/s1. The molecule has 1 heterocycles. The first-order chi connectivity index (χ1) is 8.47. The molecule has 18 heavy (non-hydrogen) atoms. The fraction of sp³-hybridized carbons (Fsp3) is 0.700. The Morgan fingerprint density at radius 1 is 1.22 bits per heavy atom. The largest absolute Gasteiger partial charge is 0.463 e. The van der Waals surface area contributed by atoms with Crippen molar-refractivity contribution in [3.8, 4) is 0 Å². The molecule has 0 aliphatic carbocycles. The van der Waals surface area contributed by atoms with Crippen molar-refractivity contribution in [2.24, 2.45) is 4.99 Å². The summed E-state index contributed by atoms with van der Waals surface area (Å²) < 4.78 is 16.0. The number of hydrogen-bond donors (Lipinski definition) is 0. The highest BCUT2D eigenvalue weighted by molar-refractivity contribution is 14.2. The molecular weight excluding hydrogens is 468 g/mol. The number of halogens is 2. The van der Waals surface area contributed by atoms with Gasteiger partial charge in [0.2, 0.25) is 0 Å². The number of aliphatic imine (C=N–C) groups is 1. The first kappa shape index (κ1) is 16.1. The van der Waals surface area contributed by atoms with Crippen molar-refractivity contribution in [3.63, 3.8) is 0 Å². The van der Waals surface area contributed by atoms with E-state index in [1.54, 1.807) is 0 Å². The molecule has 8 heteroatoms. The van der Waals surface area contributed by atoms with Crippen LogP contribution in [0.1, 0.15) is 19.8 Å². The van der Waals surface area contributed by atoms with Crippen LogP contribution in [0.25, 0.3) is 0 Å². The van der Waals surface area contributed by atoms with Crippen molar-refractivity contribution >= 4 is 59.0 Å². The molecule has 0 aromatic carbocycles. The quantitative estimate of drug-likeness (QED) is 0.351. The average Bonchev–Trinajstić information content (AvgIpc) is 2.70. The number of nitrogens with zero attached hydrogens (tertiary/aromatic N) is 1. The van der Waals surface area contributed by atoms with Crippen LogP contribution < -0.4 is 0 Å². The predicted octanol–water partition coefficient (Wildman–Crippen LogP) is 2.46. The molecule has 0 N–H and O–H groups in total. The minimum Gasteiger partial charge on any atom is -0.463 e. The average molecular weight is 481 g/mol. The third kappa shape index (κ3) is 6.83. The van der Waals surface area contributed by atoms with Gasteiger partial charge in [-0.1, -0.05) is 0 Å². The Balaban J connectivity index is 2.20. The highest BCUT2D eigenvalue weighted by atomic mass is 127. The molecule has 102 valence electrons. The normalized spacial score (nSPS) is 22.4. The van der Waals surface area contributed by atoms with Gasteiger partial charge >= 0.3 is 12.1 Å². The Bertz CT molecular complexity index is 343. The summed E-state index contributed by atoms with van der Waals surface area (Å²) in [5, 5.41) is 0. The van der Waals surface area contributed by atoms with Crippen molar-refractivity contribution in [1.82, 2.24) is 0 Å². The monoisotopic (exact) mass is 481 g/mol. The zero-order valence-electron chi connectivity index (χ0n) is 9.73. The topological polar surface area (TPSA) is 74.2 Å². The number of amides is 1. The molecule has 1 saturated heterocycles. The number of carbonyl (C=O) groups excluding carboxylic acids is 2. The van der Waals surface area contributed by atoms with E-state index in [0.717, 1.165) is 12.8 Å². The highest BCUT2D eigenvalue weighted by Crippen LogP contribution is 2.20. The maximum atomic E-state index is 11.2. The van der Waals surface area contributed by atoms with Crippen LogP contribution in [0.2, 0.25) is 0 Å². The number of esters is 1. The van der Waals surface area contributed by atoms with Crippen molar-refractivity contribution in [1.29, 1.82) is 0 Å². The van der Waals surface area contributed by atoms with Crippen molar-refractivity contribution in [2.75, 3.05) is 13.2 Å². The molecule has 6 nitrogen and oxygen atoms in total. The second kappa shape index (κ2) is 8.25. The Morgan fingerprint density at radius 2 is 1.78 bits per heavy atom. The lowest BCUT2D eigenvalue weighted by atomic mass is 10.2. The summed E-state index contributed by atoms with van der Waals surface area (Å²) in [6.45, 7) is 1.79. The van der Waals surface area contributed by atoms with Gasteiger partial charge in [0.25, 0.3) is 0 Å². The van der Waals surface area contributed by atoms with E-state index in [-0.39, 0.29) is 31.4 Å². The number of ether oxygens (including phenoxy) is 3. The molecule has 1 aliphatic rings. The van der Waals surface area contributed by atoms with E-state index in [9.17, 15) is 9.59 Å². The Morgan fingerprint density at radius 3 is 2.28 bits per heavy atom. The molecule has 2 atom stereocenters. The van der Waals surface area contributed by atoms with Crippen LogP contribution in [0.3, 0.4) is 0 Å². The molecule has 0 spiro atoms. The molecule has 1 fully saturated rings. The Labute approximate surface area is 132 Å². The lowest BCUT2D eigenvalue weighted by Gasteiger charge is -2.13. The van der Waals surface area contributed by atoms with E-state index in [1.807, 2.05) is 45.2 Å². The van der Waals surface area contributed by atoms with E-state index < -0.39 is 6.09 Å². The van der Waals surface area contributed by atoms with Crippen LogP contribution in [0.5, 0.6) is 0 Å². The maximum Gasteiger partial charge on any atom is 0.435 e. The molecule has 1 aliphatic heterocycles. The van der Waals surface area contributed by atoms with Gasteiger partial charge in [-0.05, 0) is 58.0 Å². The fourth-order valence-corrected chi connectivity index (χ4v) is 1.89. The van der Waals surface area contributed by atoms with E-state index in [1.165, 1.54) is 6.92 Å². The summed E-state index contributed by atoms with van der Waals surface area (Å²) >= 11 is 3.84. The van der Waals surface area contributed by atoms with E-state index >= 15 is 0 Å². The van der Waals surface area contributed by atoms with Gasteiger partial charge in [-0.15, -0.1) is 0 Å². The molecule has 0 bridgehead atoms. The second-order valence-corrected chi connectivity index (χ2v) is 7.80. The molecule has 0 saturated carbocycles. The summed E-state index contributed by atoms with van der Waals surface area (Å²) in [6, 6.07) is 0. The fourth-order valence-electron chi connectivity index (χ4n) is 1.50. The first-order valence-corrected chi connectivity index (χ1v) is 7.48. The number of rotatable bonds is 4. The second-order valence-electron chi connectivity index (χ2n) is 3.69. The van der Waals surface area contributed by atoms with Crippen LogP contribution >= 0.6 is 45.2 Å². The van der Waals surface area contributed by atoms with Crippen molar-refractivity contribution < 1.29 is 23.8 Å². The van der Waals surface area contributed by atoms with Gasteiger partial charge in [-0.3, -0.25) is 4.79 Å². The van der Waals surface area contributed by atoms with Crippen LogP contribution in [-0.2, 0) is 19.0 Å². The highest BCUT2D eigenvalue weighted by Gasteiger charge is 2.27. The van der Waals surface area contributed by atoms with Crippen LogP contribution in [0.15, 0.2) is 4.99 Å². The van der Waals surface area contributed by atoms with Gasteiger partial charge in [0.15, 0.2) is 0 Å². The Kier molecular flexibility index (Phi) is 7.37. The molecule has 0 aromatic rings. The third-order valence-electron chi connectivity index (χ3n) is 2.24. The molecule has 1 rings (SSSR count). The molecule has 1 amide bonds. The molecule has 0 radical (unpaired) electrons. The SMILES string of the molecule is CC(=O)OC[C@@H]1CC[C@H](COC(=O)N=C(I)I)O1. The lowest BCUT2D eigenvalue weighted by Crippen LogP contribution is -2.22. The van der Waals surface area contributed by atoms with E-state index in [2.05, 4.69) is 4.99 Å². The van der Waals surface area contributed by atoms with Crippen molar-refractivity contribution in [3.05, 3.63) is 0 Å². The van der Waals surface area contributed by atoms with Crippen LogP contribution in [0.4, 0.5) is 4.79 Å². The van der Waals surface area contributed by atoms with Gasteiger partial charge in [-0.25, -0.2) is 4.79 Å². The first-order valence-electron chi connectivity index (χ1n) is 5.32. The number of carbonyl (C=O) groups is 2. The summed E-state index contributed by atoms with van der Waals surface area (Å²) in [5.41, 5.74) is 0. The maximum absolute atomic E-state index is 11.2. The molecule has 0 aromatic heterocycles. The number of hydrogen-bond acceptors (Lipinski definition) is 5. The summed E-state index contributed by atoms with van der Waals surface area (Å²) in [5.74, 6) is -0.320. The summed E-state index contributed by atoms with van der Waals surface area (Å²) in [6.07, 6.45) is 0.718. The van der Waals surface area contributed by atoms with Gasteiger partial charge < -0.3 is 14.2 Å². The van der Waals surface area contributed by atoms with Gasteiger partial charge in [0.05, 0.1) is 12.2 Å². The smallest absolute Gasteiger partial charge is 0.435 e. The lowest BCUT2D eigenvalue weighted by molar-refractivity contribution is -0.145.